The lowest BCUT2D eigenvalue weighted by Crippen LogP contribution is -2.50. The first kappa shape index (κ1) is 18.7. The Kier molecular flexibility index (Phi) is 7.21. The maximum Gasteiger partial charge on any atom is 0.234 e. The molecule has 8 heteroatoms. The van der Waals surface area contributed by atoms with Gasteiger partial charge in [0, 0.05) is 39.0 Å². The van der Waals surface area contributed by atoms with Crippen LogP contribution in [0, 0.1) is 0 Å². The fourth-order valence-electron chi connectivity index (χ4n) is 2.59. The first-order valence-corrected chi connectivity index (χ1v) is 8.33. The summed E-state index contributed by atoms with van der Waals surface area (Å²) in [4.78, 5) is 38.7. The Labute approximate surface area is 146 Å². The van der Waals surface area contributed by atoms with Crippen LogP contribution >= 0.6 is 0 Å². The number of rotatable bonds is 7. The van der Waals surface area contributed by atoms with Gasteiger partial charge < -0.3 is 14.5 Å². The van der Waals surface area contributed by atoms with Crippen LogP contribution in [-0.2, 0) is 14.4 Å². The van der Waals surface area contributed by atoms with Crippen LogP contribution in [0.5, 0.6) is 5.75 Å². The van der Waals surface area contributed by atoms with Crippen molar-refractivity contribution in [2.45, 2.75) is 19.3 Å². The summed E-state index contributed by atoms with van der Waals surface area (Å²) in [5.74, 6) is 5.29. The summed E-state index contributed by atoms with van der Waals surface area (Å²) in [6, 6.07) is 9.36. The fourth-order valence-corrected chi connectivity index (χ4v) is 2.59. The number of hydrogen-bond acceptors (Lipinski definition) is 5. The van der Waals surface area contributed by atoms with Gasteiger partial charge in [0.1, 0.15) is 5.75 Å². The molecule has 1 saturated heterocycles. The van der Waals surface area contributed by atoms with E-state index >= 15 is 0 Å². The number of hydrazine groups is 1. The molecule has 0 unspecified atom stereocenters. The molecule has 1 fully saturated rings. The Morgan fingerprint density at radius 3 is 2.04 bits per heavy atom. The van der Waals surface area contributed by atoms with Gasteiger partial charge in [-0.3, -0.25) is 19.8 Å². The third kappa shape index (κ3) is 6.07. The number of amides is 3. The van der Waals surface area contributed by atoms with Crippen LogP contribution in [0.25, 0.3) is 0 Å². The molecule has 0 radical (unpaired) electrons. The minimum Gasteiger partial charge on any atom is -0.493 e. The van der Waals surface area contributed by atoms with E-state index in [1.54, 1.807) is 9.80 Å². The Bertz CT molecular complexity index is 586. The zero-order valence-electron chi connectivity index (χ0n) is 14.1. The van der Waals surface area contributed by atoms with E-state index in [9.17, 15) is 14.4 Å². The second kappa shape index (κ2) is 9.63. The second-order valence-corrected chi connectivity index (χ2v) is 5.74. The van der Waals surface area contributed by atoms with Crippen LogP contribution in [0.4, 0.5) is 0 Å². The molecular formula is C17H24N4O4. The number of ether oxygens (including phenoxy) is 1. The lowest BCUT2D eigenvalue weighted by atomic mass is 10.2. The van der Waals surface area contributed by atoms with Crippen molar-refractivity contribution in [1.29, 1.82) is 0 Å². The molecule has 0 bridgehead atoms. The number of hydrogen-bond donors (Lipinski definition) is 2. The Morgan fingerprint density at radius 1 is 0.920 bits per heavy atom. The highest BCUT2D eigenvalue weighted by Gasteiger charge is 2.24. The summed E-state index contributed by atoms with van der Waals surface area (Å²) >= 11 is 0. The van der Waals surface area contributed by atoms with Gasteiger partial charge in [0.2, 0.25) is 17.7 Å². The molecule has 3 amide bonds. The SMILES string of the molecule is NNC(=O)CCC(=O)N1CCN(C(=O)CCOc2ccccc2)CC1. The Morgan fingerprint density at radius 2 is 1.48 bits per heavy atom. The molecule has 0 spiro atoms. The highest BCUT2D eigenvalue weighted by atomic mass is 16.5. The van der Waals surface area contributed by atoms with Gasteiger partial charge in [-0.15, -0.1) is 0 Å². The van der Waals surface area contributed by atoms with Gasteiger partial charge in [-0.1, -0.05) is 18.2 Å². The van der Waals surface area contributed by atoms with Crippen molar-refractivity contribution in [3.8, 4) is 5.75 Å². The van der Waals surface area contributed by atoms with E-state index in [1.165, 1.54) is 0 Å². The van der Waals surface area contributed by atoms with Crippen LogP contribution < -0.4 is 16.0 Å². The molecule has 0 atom stereocenters. The zero-order chi connectivity index (χ0) is 18.1. The van der Waals surface area contributed by atoms with Crippen LogP contribution in [0.15, 0.2) is 30.3 Å². The smallest absolute Gasteiger partial charge is 0.234 e. The summed E-state index contributed by atoms with van der Waals surface area (Å²) < 4.78 is 5.53. The van der Waals surface area contributed by atoms with Gasteiger partial charge in [-0.05, 0) is 12.1 Å². The summed E-state index contributed by atoms with van der Waals surface area (Å²) in [6.07, 6.45) is 0.507. The Balaban J connectivity index is 1.66. The van der Waals surface area contributed by atoms with Crippen molar-refractivity contribution in [2.24, 2.45) is 5.84 Å². The Hall–Kier alpha value is -2.61. The van der Waals surface area contributed by atoms with Crippen LogP contribution in [0.1, 0.15) is 19.3 Å². The third-order valence-corrected chi connectivity index (χ3v) is 4.04. The highest BCUT2D eigenvalue weighted by molar-refractivity contribution is 5.83. The molecule has 25 heavy (non-hydrogen) atoms. The monoisotopic (exact) mass is 348 g/mol. The lowest BCUT2D eigenvalue weighted by molar-refractivity contribution is -0.140. The highest BCUT2D eigenvalue weighted by Crippen LogP contribution is 2.10. The van der Waals surface area contributed by atoms with Gasteiger partial charge in [0.15, 0.2) is 0 Å². The molecule has 0 aliphatic carbocycles. The van der Waals surface area contributed by atoms with E-state index in [4.69, 9.17) is 10.6 Å². The largest absolute Gasteiger partial charge is 0.493 e. The minimum atomic E-state index is -0.361. The number of nitrogens with zero attached hydrogens (tertiary/aromatic N) is 2. The molecule has 1 aromatic rings. The predicted molar refractivity (Wildman–Crippen MR) is 91.3 cm³/mol. The molecule has 2 rings (SSSR count). The number of carbonyl (C=O) groups is 3. The first-order chi connectivity index (χ1) is 12.1. The van der Waals surface area contributed by atoms with Gasteiger partial charge in [-0.2, -0.15) is 0 Å². The summed E-state index contributed by atoms with van der Waals surface area (Å²) in [5, 5.41) is 0. The lowest BCUT2D eigenvalue weighted by Gasteiger charge is -2.34. The van der Waals surface area contributed by atoms with E-state index in [2.05, 4.69) is 0 Å². The van der Waals surface area contributed by atoms with E-state index in [-0.39, 0.29) is 30.6 Å². The topological polar surface area (TPSA) is 105 Å². The average molecular weight is 348 g/mol. The molecule has 3 N–H and O–H groups in total. The van der Waals surface area contributed by atoms with Crippen LogP contribution in [0.2, 0.25) is 0 Å². The number of benzene rings is 1. The molecule has 1 heterocycles. The van der Waals surface area contributed by atoms with Crippen molar-refractivity contribution in [3.63, 3.8) is 0 Å². The third-order valence-electron chi connectivity index (χ3n) is 4.04. The number of nitrogens with two attached hydrogens (primary N) is 1. The van der Waals surface area contributed by atoms with Gasteiger partial charge in [0.05, 0.1) is 13.0 Å². The maximum atomic E-state index is 12.2. The van der Waals surface area contributed by atoms with Crippen molar-refractivity contribution >= 4 is 17.7 Å². The number of nitrogens with one attached hydrogen (secondary N) is 1. The molecule has 1 aliphatic heterocycles. The normalized spacial score (nSPS) is 14.1. The standard InChI is InChI=1S/C17H24N4O4/c18-19-15(22)6-7-16(23)20-9-11-21(12-10-20)17(24)8-13-25-14-4-2-1-3-5-14/h1-5H,6-13,18H2,(H,19,22). The van der Waals surface area contributed by atoms with E-state index in [0.717, 1.165) is 5.75 Å². The van der Waals surface area contributed by atoms with Gasteiger partial charge >= 0.3 is 0 Å². The molecule has 136 valence electrons. The van der Waals surface area contributed by atoms with Crippen molar-refractivity contribution in [1.82, 2.24) is 15.2 Å². The van der Waals surface area contributed by atoms with Crippen molar-refractivity contribution in [2.75, 3.05) is 32.8 Å². The summed E-state index contributed by atoms with van der Waals surface area (Å²) in [7, 11) is 0. The summed E-state index contributed by atoms with van der Waals surface area (Å²) in [5.41, 5.74) is 2.00. The van der Waals surface area contributed by atoms with E-state index in [1.807, 2.05) is 35.8 Å². The molecule has 8 nitrogen and oxygen atoms in total. The molecule has 1 aromatic carbocycles. The van der Waals surface area contributed by atoms with Crippen LogP contribution in [0.3, 0.4) is 0 Å². The second-order valence-electron chi connectivity index (χ2n) is 5.74. The molecule has 1 aliphatic rings. The summed E-state index contributed by atoms with van der Waals surface area (Å²) in [6.45, 7) is 2.29. The van der Waals surface area contributed by atoms with Gasteiger partial charge in [0.25, 0.3) is 0 Å². The van der Waals surface area contributed by atoms with E-state index in [0.29, 0.717) is 39.2 Å². The van der Waals surface area contributed by atoms with Crippen molar-refractivity contribution < 1.29 is 19.1 Å². The number of carbonyl (C=O) groups excluding carboxylic acids is 3. The quantitative estimate of drug-likeness (QED) is 0.407. The van der Waals surface area contributed by atoms with Crippen molar-refractivity contribution in [3.05, 3.63) is 30.3 Å². The predicted octanol–water partition coefficient (Wildman–Crippen LogP) is -0.104. The number of piperazine rings is 1. The first-order valence-electron chi connectivity index (χ1n) is 8.33. The van der Waals surface area contributed by atoms with E-state index < -0.39 is 0 Å². The molecule has 0 aromatic heterocycles. The average Bonchev–Trinajstić information content (AvgIpc) is 2.66. The molecule has 0 saturated carbocycles. The minimum absolute atomic E-state index is 0.0190. The van der Waals surface area contributed by atoms with Crippen LogP contribution in [-0.4, -0.2) is 60.3 Å². The zero-order valence-corrected chi connectivity index (χ0v) is 14.1. The maximum absolute atomic E-state index is 12.2. The molecular weight excluding hydrogens is 324 g/mol. The van der Waals surface area contributed by atoms with Gasteiger partial charge in [-0.25, -0.2) is 5.84 Å². The number of para-hydroxylation sites is 1. The fraction of sp³-hybridized carbons (Fsp3) is 0.471.